The van der Waals surface area contributed by atoms with Gasteiger partial charge in [0.1, 0.15) is 6.10 Å². The standard InChI is InChI=1S/C32H29N5O3/c38-25-20-26(40-29(39)21-25)16-17-27-30(22-10-4-1-5-11-22)36-37(31(27)23-12-6-2-7-13-23)28-18-19-33-32(35-28)34-24-14-8-3-9-15-24/h1-15,18-19,25-26,38H,16-17,20-21H2,(H,33,34,35)/t25-,26-/m1/s1. The molecule has 2 atom stereocenters. The third-order valence-electron chi connectivity index (χ3n) is 6.92. The lowest BCUT2D eigenvalue weighted by Gasteiger charge is -2.26. The summed E-state index contributed by atoms with van der Waals surface area (Å²) in [4.78, 5) is 21.2. The van der Waals surface area contributed by atoms with Crippen molar-refractivity contribution in [3.63, 3.8) is 0 Å². The van der Waals surface area contributed by atoms with Crippen molar-refractivity contribution in [1.82, 2.24) is 19.7 Å². The number of hydrogen-bond acceptors (Lipinski definition) is 7. The lowest BCUT2D eigenvalue weighted by atomic mass is 9.94. The molecular weight excluding hydrogens is 502 g/mol. The molecule has 0 spiro atoms. The molecule has 2 aromatic heterocycles. The molecule has 1 aliphatic rings. The number of rotatable bonds is 8. The predicted molar refractivity (Wildman–Crippen MR) is 153 cm³/mol. The van der Waals surface area contributed by atoms with Crippen LogP contribution in [0.4, 0.5) is 11.6 Å². The number of benzene rings is 3. The van der Waals surface area contributed by atoms with Gasteiger partial charge < -0.3 is 15.2 Å². The number of esters is 1. The first-order valence-electron chi connectivity index (χ1n) is 13.4. The van der Waals surface area contributed by atoms with Crippen LogP contribution in [-0.2, 0) is 16.0 Å². The molecule has 0 unspecified atom stereocenters. The van der Waals surface area contributed by atoms with Gasteiger partial charge in [-0.05, 0) is 25.0 Å². The molecule has 1 aliphatic heterocycles. The third kappa shape index (κ3) is 5.62. The zero-order valence-electron chi connectivity index (χ0n) is 21.9. The van der Waals surface area contributed by atoms with E-state index in [1.807, 2.05) is 89.6 Å². The summed E-state index contributed by atoms with van der Waals surface area (Å²) in [6, 6.07) is 31.8. The summed E-state index contributed by atoms with van der Waals surface area (Å²) in [6.45, 7) is 0. The van der Waals surface area contributed by atoms with Gasteiger partial charge in [-0.15, -0.1) is 0 Å². The maximum absolute atomic E-state index is 12.0. The van der Waals surface area contributed by atoms with E-state index in [1.54, 1.807) is 6.20 Å². The fraction of sp³-hybridized carbons (Fsp3) is 0.188. The van der Waals surface area contributed by atoms with E-state index >= 15 is 0 Å². The monoisotopic (exact) mass is 531 g/mol. The van der Waals surface area contributed by atoms with Gasteiger partial charge >= 0.3 is 5.97 Å². The number of anilines is 2. The maximum atomic E-state index is 12.0. The highest BCUT2D eigenvalue weighted by molar-refractivity contribution is 5.76. The number of ether oxygens (including phenoxy) is 1. The van der Waals surface area contributed by atoms with Crippen molar-refractivity contribution in [1.29, 1.82) is 0 Å². The van der Waals surface area contributed by atoms with Crippen LogP contribution in [0, 0.1) is 0 Å². The minimum atomic E-state index is -0.673. The average molecular weight is 532 g/mol. The van der Waals surface area contributed by atoms with Crippen molar-refractivity contribution >= 4 is 17.6 Å². The van der Waals surface area contributed by atoms with Crippen LogP contribution in [0.2, 0.25) is 0 Å². The van der Waals surface area contributed by atoms with Gasteiger partial charge in [-0.2, -0.15) is 10.1 Å². The Morgan fingerprint density at radius 1 is 0.900 bits per heavy atom. The number of aromatic nitrogens is 4. The molecule has 40 heavy (non-hydrogen) atoms. The molecule has 0 aliphatic carbocycles. The molecule has 200 valence electrons. The van der Waals surface area contributed by atoms with E-state index in [1.165, 1.54) is 0 Å². The molecule has 2 N–H and O–H groups in total. The van der Waals surface area contributed by atoms with E-state index < -0.39 is 6.10 Å². The molecule has 8 nitrogen and oxygen atoms in total. The highest BCUT2D eigenvalue weighted by atomic mass is 16.5. The molecule has 0 bridgehead atoms. The van der Waals surface area contributed by atoms with Crippen LogP contribution in [0.15, 0.2) is 103 Å². The number of carbonyl (C=O) groups is 1. The Balaban J connectivity index is 1.45. The normalized spacial score (nSPS) is 16.9. The van der Waals surface area contributed by atoms with Gasteiger partial charge in [0.25, 0.3) is 0 Å². The summed E-state index contributed by atoms with van der Waals surface area (Å²) in [5.74, 6) is 0.727. The van der Waals surface area contributed by atoms with Gasteiger partial charge in [-0.25, -0.2) is 9.67 Å². The molecule has 0 amide bonds. The highest BCUT2D eigenvalue weighted by Gasteiger charge is 2.29. The number of aliphatic hydroxyl groups is 1. The Labute approximate surface area is 232 Å². The molecular formula is C32H29N5O3. The fourth-order valence-electron chi connectivity index (χ4n) is 5.09. The second kappa shape index (κ2) is 11.5. The van der Waals surface area contributed by atoms with Gasteiger partial charge in [-0.3, -0.25) is 4.79 Å². The summed E-state index contributed by atoms with van der Waals surface area (Å²) < 4.78 is 7.45. The molecule has 0 saturated carbocycles. The second-order valence-electron chi connectivity index (χ2n) is 9.79. The van der Waals surface area contributed by atoms with Crippen molar-refractivity contribution < 1.29 is 14.6 Å². The summed E-state index contributed by atoms with van der Waals surface area (Å²) in [5, 5.41) is 18.5. The van der Waals surface area contributed by atoms with Crippen molar-refractivity contribution in [2.24, 2.45) is 0 Å². The largest absolute Gasteiger partial charge is 0.462 e. The number of nitrogens with one attached hydrogen (secondary N) is 1. The number of hydrogen-bond donors (Lipinski definition) is 2. The molecule has 5 aromatic rings. The SMILES string of the molecule is O=C1C[C@H](O)C[C@@H](CCc2c(-c3ccccc3)nn(-c3ccnc(Nc4ccccc4)n3)c2-c2ccccc2)O1. The molecule has 1 saturated heterocycles. The topological polar surface area (TPSA) is 102 Å². The number of aliphatic hydroxyl groups excluding tert-OH is 1. The molecule has 3 heterocycles. The van der Waals surface area contributed by atoms with Crippen molar-refractivity contribution in [3.05, 3.63) is 109 Å². The summed E-state index contributed by atoms with van der Waals surface area (Å²) >= 11 is 0. The maximum Gasteiger partial charge on any atom is 0.308 e. The number of nitrogens with zero attached hydrogens (tertiary/aromatic N) is 4. The van der Waals surface area contributed by atoms with Gasteiger partial charge in [0.05, 0.1) is 23.9 Å². The minimum Gasteiger partial charge on any atom is -0.462 e. The zero-order valence-corrected chi connectivity index (χ0v) is 21.9. The number of para-hydroxylation sites is 1. The predicted octanol–water partition coefficient (Wildman–Crippen LogP) is 5.74. The fourth-order valence-corrected chi connectivity index (χ4v) is 5.09. The summed E-state index contributed by atoms with van der Waals surface area (Å²) in [7, 11) is 0. The first-order valence-corrected chi connectivity index (χ1v) is 13.4. The lowest BCUT2D eigenvalue weighted by Crippen LogP contribution is -2.32. The lowest BCUT2D eigenvalue weighted by molar-refractivity contribution is -0.160. The Morgan fingerprint density at radius 2 is 1.57 bits per heavy atom. The van der Waals surface area contributed by atoms with Crippen LogP contribution in [0.5, 0.6) is 0 Å². The van der Waals surface area contributed by atoms with Crippen LogP contribution < -0.4 is 5.32 Å². The molecule has 6 rings (SSSR count). The van der Waals surface area contributed by atoms with Gasteiger partial charge in [0.2, 0.25) is 5.95 Å². The van der Waals surface area contributed by atoms with Crippen molar-refractivity contribution in [2.45, 2.75) is 37.9 Å². The molecule has 8 heteroatoms. The molecule has 3 aromatic carbocycles. The van der Waals surface area contributed by atoms with E-state index in [2.05, 4.69) is 22.4 Å². The van der Waals surface area contributed by atoms with Crippen LogP contribution >= 0.6 is 0 Å². The minimum absolute atomic E-state index is 0.0476. The van der Waals surface area contributed by atoms with E-state index in [-0.39, 0.29) is 18.5 Å². The number of carbonyl (C=O) groups excluding carboxylic acids is 1. The van der Waals surface area contributed by atoms with E-state index in [0.29, 0.717) is 31.0 Å². The first-order chi connectivity index (χ1) is 19.6. The highest BCUT2D eigenvalue weighted by Crippen LogP contribution is 2.36. The van der Waals surface area contributed by atoms with E-state index in [4.69, 9.17) is 14.8 Å². The summed E-state index contributed by atoms with van der Waals surface area (Å²) in [5.41, 5.74) is 5.61. The Bertz CT molecular complexity index is 1590. The Kier molecular flexibility index (Phi) is 7.32. The van der Waals surface area contributed by atoms with Crippen molar-refractivity contribution in [3.8, 4) is 28.3 Å². The number of cyclic esters (lactones) is 1. The second-order valence-corrected chi connectivity index (χ2v) is 9.79. The molecule has 1 fully saturated rings. The molecule has 0 radical (unpaired) electrons. The Hall–Kier alpha value is -4.82. The van der Waals surface area contributed by atoms with Crippen LogP contribution in [0.1, 0.15) is 24.8 Å². The average Bonchev–Trinajstić information content (AvgIpc) is 3.37. The first kappa shape index (κ1) is 25.5. The van der Waals surface area contributed by atoms with Gasteiger partial charge in [0.15, 0.2) is 5.82 Å². The van der Waals surface area contributed by atoms with Crippen molar-refractivity contribution in [2.75, 3.05) is 5.32 Å². The van der Waals surface area contributed by atoms with Crippen LogP contribution in [-0.4, -0.2) is 43.0 Å². The Morgan fingerprint density at radius 3 is 2.27 bits per heavy atom. The third-order valence-corrected chi connectivity index (χ3v) is 6.92. The zero-order chi connectivity index (χ0) is 27.3. The van der Waals surface area contributed by atoms with E-state index in [9.17, 15) is 9.90 Å². The smallest absolute Gasteiger partial charge is 0.308 e. The van der Waals surface area contributed by atoms with Crippen LogP contribution in [0.25, 0.3) is 28.3 Å². The summed E-state index contributed by atoms with van der Waals surface area (Å²) in [6.07, 6.45) is 2.33. The quantitative estimate of drug-likeness (QED) is 0.246. The van der Waals surface area contributed by atoms with E-state index in [0.717, 1.165) is 33.8 Å². The van der Waals surface area contributed by atoms with Crippen LogP contribution in [0.3, 0.4) is 0 Å². The van der Waals surface area contributed by atoms with Gasteiger partial charge in [0, 0.05) is 41.1 Å². The van der Waals surface area contributed by atoms with Gasteiger partial charge in [-0.1, -0.05) is 78.9 Å².